The zero-order valence-corrected chi connectivity index (χ0v) is 9.27. The summed E-state index contributed by atoms with van der Waals surface area (Å²) >= 11 is 0. The fourth-order valence-corrected chi connectivity index (χ4v) is 2.25. The third-order valence-corrected chi connectivity index (χ3v) is 3.38. The molecule has 0 aliphatic carbocycles. The molecule has 0 saturated carbocycles. The first kappa shape index (κ1) is 9.09. The van der Waals surface area contributed by atoms with E-state index in [0.717, 1.165) is 25.6 Å². The first-order valence-electron chi connectivity index (χ1n) is 5.54. The van der Waals surface area contributed by atoms with Crippen LogP contribution in [-0.4, -0.2) is 34.5 Å². The van der Waals surface area contributed by atoms with Gasteiger partial charge < -0.3 is 4.90 Å². The number of hydrogen-bond acceptors (Lipinski definition) is 4. The van der Waals surface area contributed by atoms with Gasteiger partial charge in [-0.05, 0) is 20.4 Å². The molecule has 0 N–H and O–H groups in total. The van der Waals surface area contributed by atoms with Crippen molar-refractivity contribution in [1.82, 2.24) is 14.9 Å². The number of nitrogens with zero attached hydrogens (tertiary/aromatic N) is 4. The number of aromatic nitrogens is 2. The van der Waals surface area contributed by atoms with Crippen LogP contribution in [0, 0.1) is 0 Å². The van der Waals surface area contributed by atoms with E-state index < -0.39 is 0 Å². The summed E-state index contributed by atoms with van der Waals surface area (Å²) < 4.78 is 0. The van der Waals surface area contributed by atoms with Crippen molar-refractivity contribution in [3.8, 4) is 0 Å². The van der Waals surface area contributed by atoms with Gasteiger partial charge in [0.25, 0.3) is 0 Å². The first-order valence-corrected chi connectivity index (χ1v) is 5.54. The Bertz CT molecular complexity index is 390. The molecule has 1 fully saturated rings. The van der Waals surface area contributed by atoms with Crippen LogP contribution in [0.3, 0.4) is 0 Å². The summed E-state index contributed by atoms with van der Waals surface area (Å²) in [7, 11) is 2.12. The molecule has 2 aliphatic rings. The summed E-state index contributed by atoms with van der Waals surface area (Å²) in [5.41, 5.74) is 2.50. The maximum absolute atomic E-state index is 4.65. The highest BCUT2D eigenvalue weighted by Crippen LogP contribution is 2.25. The molecule has 1 unspecified atom stereocenters. The fourth-order valence-electron chi connectivity index (χ4n) is 2.25. The van der Waals surface area contributed by atoms with Crippen LogP contribution < -0.4 is 4.90 Å². The van der Waals surface area contributed by atoms with Gasteiger partial charge in [-0.3, -0.25) is 4.90 Å². The van der Waals surface area contributed by atoms with E-state index in [4.69, 9.17) is 0 Å². The van der Waals surface area contributed by atoms with Gasteiger partial charge in [-0.25, -0.2) is 9.97 Å². The first-order chi connectivity index (χ1) is 7.24. The minimum atomic E-state index is 0.613. The lowest BCUT2D eigenvalue weighted by Gasteiger charge is -2.38. The van der Waals surface area contributed by atoms with Crippen LogP contribution in [0.25, 0.3) is 0 Å². The van der Waals surface area contributed by atoms with Crippen LogP contribution in [0.1, 0.15) is 24.6 Å². The average molecular weight is 204 g/mol. The molecule has 0 aromatic carbocycles. The Morgan fingerprint density at radius 2 is 2.27 bits per heavy atom. The molecule has 0 amide bonds. The van der Waals surface area contributed by atoms with E-state index in [1.807, 2.05) is 6.20 Å². The van der Waals surface area contributed by atoms with Gasteiger partial charge in [0, 0.05) is 37.4 Å². The molecule has 15 heavy (non-hydrogen) atoms. The molecule has 1 aromatic rings. The predicted molar refractivity (Wildman–Crippen MR) is 58.6 cm³/mol. The SMILES string of the molecule is CC1CCN1c1ncc2c(n1)CN(C)C2. The zero-order chi connectivity index (χ0) is 10.4. The average Bonchev–Trinajstić information content (AvgIpc) is 2.55. The van der Waals surface area contributed by atoms with Crippen LogP contribution in [0.2, 0.25) is 0 Å². The van der Waals surface area contributed by atoms with E-state index in [1.165, 1.54) is 17.7 Å². The Morgan fingerprint density at radius 1 is 1.40 bits per heavy atom. The third kappa shape index (κ3) is 1.40. The number of fused-ring (bicyclic) bond motifs is 1. The smallest absolute Gasteiger partial charge is 0.225 e. The molecule has 0 bridgehead atoms. The largest absolute Gasteiger partial charge is 0.338 e. The van der Waals surface area contributed by atoms with Gasteiger partial charge in [0.2, 0.25) is 5.95 Å². The van der Waals surface area contributed by atoms with Gasteiger partial charge in [0.15, 0.2) is 0 Å². The van der Waals surface area contributed by atoms with Crippen molar-refractivity contribution in [2.75, 3.05) is 18.5 Å². The monoisotopic (exact) mass is 204 g/mol. The van der Waals surface area contributed by atoms with Crippen LogP contribution in [0.4, 0.5) is 5.95 Å². The molecule has 4 nitrogen and oxygen atoms in total. The maximum Gasteiger partial charge on any atom is 0.225 e. The molecule has 2 aliphatic heterocycles. The van der Waals surface area contributed by atoms with Gasteiger partial charge in [0.1, 0.15) is 0 Å². The molecule has 3 rings (SSSR count). The molecule has 0 radical (unpaired) electrons. The van der Waals surface area contributed by atoms with Crippen molar-refractivity contribution in [3.05, 3.63) is 17.5 Å². The van der Waals surface area contributed by atoms with Crippen LogP contribution in [0.15, 0.2) is 6.20 Å². The van der Waals surface area contributed by atoms with E-state index in [1.54, 1.807) is 0 Å². The maximum atomic E-state index is 4.65. The highest BCUT2D eigenvalue weighted by Gasteiger charge is 2.27. The van der Waals surface area contributed by atoms with Crippen LogP contribution >= 0.6 is 0 Å². The van der Waals surface area contributed by atoms with E-state index >= 15 is 0 Å². The summed E-state index contributed by atoms with van der Waals surface area (Å²) in [5.74, 6) is 0.919. The lowest BCUT2D eigenvalue weighted by atomic mass is 10.1. The Morgan fingerprint density at radius 3 is 2.93 bits per heavy atom. The van der Waals surface area contributed by atoms with E-state index in [9.17, 15) is 0 Å². The van der Waals surface area contributed by atoms with Crippen molar-refractivity contribution < 1.29 is 0 Å². The van der Waals surface area contributed by atoms with Crippen LogP contribution in [-0.2, 0) is 13.1 Å². The lowest BCUT2D eigenvalue weighted by Crippen LogP contribution is -2.46. The molecule has 1 saturated heterocycles. The van der Waals surface area contributed by atoms with Crippen molar-refractivity contribution in [2.45, 2.75) is 32.5 Å². The molecular formula is C11H16N4. The fraction of sp³-hybridized carbons (Fsp3) is 0.636. The summed E-state index contributed by atoms with van der Waals surface area (Å²) in [4.78, 5) is 13.6. The van der Waals surface area contributed by atoms with Crippen molar-refractivity contribution in [2.24, 2.45) is 0 Å². The van der Waals surface area contributed by atoms with Crippen molar-refractivity contribution in [3.63, 3.8) is 0 Å². The Hall–Kier alpha value is -1.16. The highest BCUT2D eigenvalue weighted by atomic mass is 15.3. The summed E-state index contributed by atoms with van der Waals surface area (Å²) in [6.45, 7) is 5.29. The summed E-state index contributed by atoms with van der Waals surface area (Å²) in [6, 6.07) is 0.613. The zero-order valence-electron chi connectivity index (χ0n) is 9.27. The van der Waals surface area contributed by atoms with Gasteiger partial charge >= 0.3 is 0 Å². The Balaban J connectivity index is 1.90. The van der Waals surface area contributed by atoms with E-state index in [0.29, 0.717) is 6.04 Å². The second-order valence-corrected chi connectivity index (χ2v) is 4.65. The standard InChI is InChI=1S/C11H16N4/c1-8-3-4-15(8)11-12-5-9-6-14(2)7-10(9)13-11/h5,8H,3-4,6-7H2,1-2H3. The predicted octanol–water partition coefficient (Wildman–Crippen LogP) is 1.02. The lowest BCUT2D eigenvalue weighted by molar-refractivity contribution is 0.351. The van der Waals surface area contributed by atoms with Gasteiger partial charge in [-0.1, -0.05) is 0 Å². The molecule has 0 spiro atoms. The molecule has 80 valence electrons. The highest BCUT2D eigenvalue weighted by molar-refractivity contribution is 5.38. The molecule has 4 heteroatoms. The molecule has 3 heterocycles. The van der Waals surface area contributed by atoms with Crippen molar-refractivity contribution >= 4 is 5.95 Å². The number of hydrogen-bond donors (Lipinski definition) is 0. The molecule has 1 aromatic heterocycles. The van der Waals surface area contributed by atoms with E-state index in [-0.39, 0.29) is 0 Å². The third-order valence-electron chi connectivity index (χ3n) is 3.38. The second-order valence-electron chi connectivity index (χ2n) is 4.65. The van der Waals surface area contributed by atoms with Crippen molar-refractivity contribution in [1.29, 1.82) is 0 Å². The summed E-state index contributed by atoms with van der Waals surface area (Å²) in [6.07, 6.45) is 3.26. The quantitative estimate of drug-likeness (QED) is 0.683. The minimum absolute atomic E-state index is 0.613. The number of anilines is 1. The van der Waals surface area contributed by atoms with Gasteiger partial charge in [-0.15, -0.1) is 0 Å². The minimum Gasteiger partial charge on any atom is -0.338 e. The topological polar surface area (TPSA) is 32.3 Å². The Labute approximate surface area is 89.9 Å². The van der Waals surface area contributed by atoms with Gasteiger partial charge in [-0.2, -0.15) is 0 Å². The molecular weight excluding hydrogens is 188 g/mol. The van der Waals surface area contributed by atoms with E-state index in [2.05, 4.69) is 33.7 Å². The summed E-state index contributed by atoms with van der Waals surface area (Å²) in [5, 5.41) is 0. The normalized spacial score (nSPS) is 25.2. The van der Waals surface area contributed by atoms with Crippen LogP contribution in [0.5, 0.6) is 0 Å². The second kappa shape index (κ2) is 3.17. The van der Waals surface area contributed by atoms with Gasteiger partial charge in [0.05, 0.1) is 5.69 Å². The molecule has 1 atom stereocenters. The number of rotatable bonds is 1. The Kier molecular flexibility index (Phi) is 1.92.